The molecule has 4 bridgehead atoms. The van der Waals surface area contributed by atoms with Gasteiger partial charge in [0.15, 0.2) is 0 Å². The van der Waals surface area contributed by atoms with E-state index < -0.39 is 16.6 Å². The molecule has 7 nitrogen and oxygen atoms in total. The second-order valence-electron chi connectivity index (χ2n) is 6.56. The summed E-state index contributed by atoms with van der Waals surface area (Å²) in [5.74, 6) is 1.59. The summed E-state index contributed by atoms with van der Waals surface area (Å²) in [6.45, 7) is 0. The van der Waals surface area contributed by atoms with E-state index in [2.05, 4.69) is 10.1 Å². The fourth-order valence-corrected chi connectivity index (χ4v) is 5.04. The lowest BCUT2D eigenvalue weighted by Gasteiger charge is -2.55. The topological polar surface area (TPSA) is 93.8 Å². The van der Waals surface area contributed by atoms with Crippen molar-refractivity contribution < 1.29 is 4.92 Å². The van der Waals surface area contributed by atoms with E-state index in [9.17, 15) is 14.9 Å². The number of hydrogen-bond donors (Lipinski definition) is 1. The number of H-pyrrole nitrogens is 1. The molecule has 4 aliphatic rings. The summed E-state index contributed by atoms with van der Waals surface area (Å²) in [6, 6.07) is 0. The van der Waals surface area contributed by atoms with Gasteiger partial charge in [-0.1, -0.05) is 0 Å². The van der Waals surface area contributed by atoms with Gasteiger partial charge in [-0.25, -0.2) is 4.79 Å². The van der Waals surface area contributed by atoms with Crippen LogP contribution in [0.5, 0.6) is 0 Å². The third-order valence-corrected chi connectivity index (χ3v) is 5.23. The largest absolute Gasteiger partial charge is 0.457 e. The van der Waals surface area contributed by atoms with Crippen LogP contribution in [0.25, 0.3) is 0 Å². The molecule has 4 aliphatic carbocycles. The molecular weight excluding hydrogens is 248 g/mol. The van der Waals surface area contributed by atoms with Gasteiger partial charge in [0.2, 0.25) is 0 Å². The number of hydrogen-bond acceptors (Lipinski definition) is 4. The molecule has 0 radical (unpaired) electrons. The maximum Gasteiger partial charge on any atom is 0.457 e. The molecule has 0 atom stereocenters. The first kappa shape index (κ1) is 11.2. The monoisotopic (exact) mass is 264 g/mol. The summed E-state index contributed by atoms with van der Waals surface area (Å²) in [6.07, 6.45) is 6.67. The first-order valence-corrected chi connectivity index (χ1v) is 6.90. The number of nitrogens with zero attached hydrogens (tertiary/aromatic N) is 3. The molecule has 0 saturated heterocycles. The summed E-state index contributed by atoms with van der Waals surface area (Å²) in [7, 11) is 0. The van der Waals surface area contributed by atoms with Crippen LogP contribution >= 0.6 is 0 Å². The van der Waals surface area contributed by atoms with E-state index in [-0.39, 0.29) is 5.54 Å². The molecule has 7 heteroatoms. The Kier molecular flexibility index (Phi) is 2.04. The van der Waals surface area contributed by atoms with E-state index in [0.29, 0.717) is 17.8 Å². The Morgan fingerprint density at radius 3 is 2.16 bits per heavy atom. The summed E-state index contributed by atoms with van der Waals surface area (Å²) in [5, 5.41) is 14.7. The number of aromatic nitrogens is 3. The van der Waals surface area contributed by atoms with Crippen LogP contribution in [0.2, 0.25) is 0 Å². The SMILES string of the molecule is O=c1[nH]c([N+](=O)[O-])nn1C12CC3CC(CC(C3)C1)C2. The Morgan fingerprint density at radius 2 is 1.74 bits per heavy atom. The van der Waals surface area contributed by atoms with E-state index in [0.717, 1.165) is 19.3 Å². The minimum Gasteiger partial charge on any atom is -0.390 e. The van der Waals surface area contributed by atoms with Gasteiger partial charge in [0.25, 0.3) is 0 Å². The highest BCUT2D eigenvalue weighted by Crippen LogP contribution is 2.58. The minimum absolute atomic E-state index is 0.253. The molecule has 4 saturated carbocycles. The number of nitrogens with one attached hydrogen (secondary N) is 1. The van der Waals surface area contributed by atoms with Crippen LogP contribution in [-0.2, 0) is 5.54 Å². The van der Waals surface area contributed by atoms with Crippen molar-refractivity contribution in [3.63, 3.8) is 0 Å². The molecule has 0 amide bonds. The smallest absolute Gasteiger partial charge is 0.390 e. The van der Waals surface area contributed by atoms with Gasteiger partial charge in [0.1, 0.15) is 0 Å². The van der Waals surface area contributed by atoms with Crippen molar-refractivity contribution in [1.29, 1.82) is 0 Å². The summed E-state index contributed by atoms with van der Waals surface area (Å²) >= 11 is 0. The molecule has 0 aliphatic heterocycles. The maximum atomic E-state index is 12.0. The average Bonchev–Trinajstić information content (AvgIpc) is 2.70. The fraction of sp³-hybridized carbons (Fsp3) is 0.833. The molecule has 19 heavy (non-hydrogen) atoms. The van der Waals surface area contributed by atoms with Crippen LogP contribution in [0, 0.1) is 27.9 Å². The quantitative estimate of drug-likeness (QED) is 0.645. The van der Waals surface area contributed by atoms with Crippen molar-refractivity contribution in [3.05, 3.63) is 20.6 Å². The molecule has 5 rings (SSSR count). The van der Waals surface area contributed by atoms with Crippen LogP contribution < -0.4 is 5.69 Å². The Morgan fingerprint density at radius 1 is 1.21 bits per heavy atom. The predicted octanol–water partition coefficient (Wildman–Crippen LogP) is 1.40. The summed E-state index contributed by atoms with van der Waals surface area (Å²) in [4.78, 5) is 24.4. The van der Waals surface area contributed by atoms with Crippen molar-refractivity contribution in [2.75, 3.05) is 0 Å². The predicted molar refractivity (Wildman–Crippen MR) is 65.6 cm³/mol. The first-order valence-electron chi connectivity index (χ1n) is 6.90. The first-order chi connectivity index (χ1) is 9.06. The van der Waals surface area contributed by atoms with Gasteiger partial charge >= 0.3 is 11.6 Å². The van der Waals surface area contributed by atoms with E-state index in [1.165, 1.54) is 23.9 Å². The van der Waals surface area contributed by atoms with E-state index in [1.54, 1.807) is 0 Å². The zero-order chi connectivity index (χ0) is 13.2. The van der Waals surface area contributed by atoms with Crippen LogP contribution in [0.1, 0.15) is 38.5 Å². The van der Waals surface area contributed by atoms with Crippen LogP contribution in [0.15, 0.2) is 4.79 Å². The third kappa shape index (κ3) is 1.50. The normalized spacial score (nSPS) is 39.7. The van der Waals surface area contributed by atoms with Crippen molar-refractivity contribution in [3.8, 4) is 0 Å². The van der Waals surface area contributed by atoms with Gasteiger partial charge < -0.3 is 10.1 Å². The van der Waals surface area contributed by atoms with Gasteiger partial charge in [-0.05, 0) is 61.2 Å². The van der Waals surface area contributed by atoms with Gasteiger partial charge in [-0.2, -0.15) is 4.98 Å². The lowest BCUT2D eigenvalue weighted by atomic mass is 9.53. The summed E-state index contributed by atoms with van der Waals surface area (Å²) < 4.78 is 1.40. The number of aromatic amines is 1. The van der Waals surface area contributed by atoms with E-state index in [4.69, 9.17) is 0 Å². The average molecular weight is 264 g/mol. The Balaban J connectivity index is 1.79. The molecule has 0 spiro atoms. The molecule has 1 N–H and O–H groups in total. The van der Waals surface area contributed by atoms with Gasteiger partial charge in [-0.3, -0.25) is 0 Å². The highest BCUT2D eigenvalue weighted by molar-refractivity contribution is 5.07. The molecule has 0 aromatic carbocycles. The van der Waals surface area contributed by atoms with Crippen molar-refractivity contribution in [1.82, 2.24) is 14.8 Å². The molecule has 1 heterocycles. The molecule has 102 valence electrons. The Bertz CT molecular complexity index is 567. The Hall–Kier alpha value is -1.66. The molecule has 1 aromatic heterocycles. The molecule has 4 fully saturated rings. The zero-order valence-corrected chi connectivity index (χ0v) is 10.5. The highest BCUT2D eigenvalue weighted by atomic mass is 16.6. The van der Waals surface area contributed by atoms with Gasteiger partial charge in [0.05, 0.1) is 5.54 Å². The minimum atomic E-state index is -0.627. The van der Waals surface area contributed by atoms with E-state index in [1.807, 2.05) is 0 Å². The Labute approximate surface area is 109 Å². The van der Waals surface area contributed by atoms with Crippen LogP contribution in [-0.4, -0.2) is 19.7 Å². The van der Waals surface area contributed by atoms with Gasteiger partial charge in [-0.15, -0.1) is 4.68 Å². The standard InChI is InChI=1S/C12H16N4O3/c17-11-13-10(16(18)19)14-15(11)12-4-7-1-8(5-12)3-9(2-7)6-12/h7-9H,1-6H2,(H,13,14,17). The lowest BCUT2D eigenvalue weighted by Crippen LogP contribution is -2.54. The third-order valence-electron chi connectivity index (χ3n) is 5.23. The summed E-state index contributed by atoms with van der Waals surface area (Å²) in [5.41, 5.74) is -0.676. The van der Waals surface area contributed by atoms with Gasteiger partial charge in [0, 0.05) is 5.10 Å². The van der Waals surface area contributed by atoms with Crippen molar-refractivity contribution in [2.45, 2.75) is 44.1 Å². The number of nitro groups is 1. The molecular formula is C12H16N4O3. The van der Waals surface area contributed by atoms with Crippen molar-refractivity contribution in [2.24, 2.45) is 17.8 Å². The molecule has 1 aromatic rings. The van der Waals surface area contributed by atoms with E-state index >= 15 is 0 Å². The highest BCUT2D eigenvalue weighted by Gasteiger charge is 2.54. The van der Waals surface area contributed by atoms with Crippen LogP contribution in [0.4, 0.5) is 5.95 Å². The fourth-order valence-electron chi connectivity index (χ4n) is 5.04. The van der Waals surface area contributed by atoms with Crippen molar-refractivity contribution >= 4 is 5.95 Å². The lowest BCUT2D eigenvalue weighted by molar-refractivity contribution is -0.394. The zero-order valence-electron chi connectivity index (χ0n) is 10.5. The second-order valence-corrected chi connectivity index (χ2v) is 6.56. The molecule has 0 unspecified atom stereocenters. The second kappa shape index (κ2) is 3.46. The number of rotatable bonds is 2. The van der Waals surface area contributed by atoms with Crippen LogP contribution in [0.3, 0.4) is 0 Å². The maximum absolute atomic E-state index is 12.0.